The zero-order chi connectivity index (χ0) is 26.2. The Labute approximate surface area is 222 Å². The fourth-order valence-corrected chi connectivity index (χ4v) is 4.66. The third-order valence-electron chi connectivity index (χ3n) is 6.67. The van der Waals surface area contributed by atoms with Crippen LogP contribution in [0.3, 0.4) is 0 Å². The number of nitrogens with one attached hydrogen (secondary N) is 2. The molecule has 2 amide bonds. The molecule has 8 heteroatoms. The van der Waals surface area contributed by atoms with E-state index in [1.54, 1.807) is 12.1 Å². The van der Waals surface area contributed by atoms with Gasteiger partial charge in [-0.3, -0.25) is 9.59 Å². The van der Waals surface area contributed by atoms with Gasteiger partial charge in [-0.05, 0) is 54.2 Å². The van der Waals surface area contributed by atoms with Gasteiger partial charge in [-0.1, -0.05) is 65.8 Å². The molecule has 0 aliphatic carbocycles. The number of hydrogen-bond donors (Lipinski definition) is 2. The van der Waals surface area contributed by atoms with Crippen LogP contribution in [0.5, 0.6) is 0 Å². The van der Waals surface area contributed by atoms with Gasteiger partial charge in [0.25, 0.3) is 5.91 Å². The molecule has 2 heterocycles. The average Bonchev–Trinajstić information content (AvgIpc) is 3.34. The number of rotatable bonds is 9. The third kappa shape index (κ3) is 6.26. The molecule has 0 spiro atoms. The second kappa shape index (κ2) is 12.2. The molecular weight excluding hydrogens is 478 g/mol. The summed E-state index contributed by atoms with van der Waals surface area (Å²) in [5.74, 6) is -0.272. The minimum Gasteiger partial charge on any atom is -0.370 e. The molecule has 1 aliphatic rings. The van der Waals surface area contributed by atoms with Gasteiger partial charge in [0.2, 0.25) is 0 Å². The average molecular weight is 510 g/mol. The van der Waals surface area contributed by atoms with Gasteiger partial charge in [0.1, 0.15) is 0 Å². The van der Waals surface area contributed by atoms with E-state index in [0.29, 0.717) is 37.4 Å². The molecule has 0 atom stereocenters. The first kappa shape index (κ1) is 25.2. The van der Waals surface area contributed by atoms with Crippen LogP contribution in [-0.4, -0.2) is 48.1 Å². The van der Waals surface area contributed by atoms with Crippen LogP contribution in [0.15, 0.2) is 83.4 Å². The molecule has 0 saturated carbocycles. The molecular formula is C30H31N5O3. The van der Waals surface area contributed by atoms with Gasteiger partial charge >= 0.3 is 11.8 Å². The topological polar surface area (TPSA) is 100 Å². The van der Waals surface area contributed by atoms with E-state index in [4.69, 9.17) is 4.52 Å². The number of hydrogen-bond acceptors (Lipinski definition) is 6. The van der Waals surface area contributed by atoms with Crippen LogP contribution in [0.25, 0.3) is 11.1 Å². The van der Waals surface area contributed by atoms with Crippen LogP contribution in [0.4, 0.5) is 5.69 Å². The largest absolute Gasteiger partial charge is 0.370 e. The van der Waals surface area contributed by atoms with Crippen molar-refractivity contribution in [1.82, 2.24) is 20.8 Å². The van der Waals surface area contributed by atoms with Crippen molar-refractivity contribution in [1.29, 1.82) is 0 Å². The molecule has 4 aromatic rings. The quantitative estimate of drug-likeness (QED) is 0.349. The lowest BCUT2D eigenvalue weighted by Crippen LogP contribution is -2.35. The van der Waals surface area contributed by atoms with Crippen LogP contribution in [-0.2, 0) is 12.8 Å². The molecule has 0 bridgehead atoms. The summed E-state index contributed by atoms with van der Waals surface area (Å²) in [4.78, 5) is 31.5. The molecule has 2 N–H and O–H groups in total. The molecule has 0 saturated heterocycles. The summed E-state index contributed by atoms with van der Waals surface area (Å²) in [6.07, 6.45) is 3.75. The van der Waals surface area contributed by atoms with E-state index in [-0.39, 0.29) is 11.8 Å². The summed E-state index contributed by atoms with van der Waals surface area (Å²) in [6.45, 7) is 2.49. The Morgan fingerprint density at radius 3 is 2.39 bits per heavy atom. The summed E-state index contributed by atoms with van der Waals surface area (Å²) in [7, 11) is 0. The van der Waals surface area contributed by atoms with Crippen LogP contribution in [0, 0.1) is 0 Å². The van der Waals surface area contributed by atoms with E-state index in [1.165, 1.54) is 17.7 Å². The maximum atomic E-state index is 12.5. The fourth-order valence-electron chi connectivity index (χ4n) is 4.66. The van der Waals surface area contributed by atoms with E-state index < -0.39 is 5.91 Å². The van der Waals surface area contributed by atoms with E-state index in [1.807, 2.05) is 42.5 Å². The van der Waals surface area contributed by atoms with Crippen molar-refractivity contribution in [2.45, 2.75) is 25.7 Å². The van der Waals surface area contributed by atoms with Gasteiger partial charge in [0.05, 0.1) is 0 Å². The smallest absolute Gasteiger partial charge is 0.315 e. The number of nitrogens with zero attached hydrogens (tertiary/aromatic N) is 3. The van der Waals surface area contributed by atoms with Crippen molar-refractivity contribution in [3.63, 3.8) is 0 Å². The Morgan fingerprint density at radius 1 is 0.816 bits per heavy atom. The zero-order valence-corrected chi connectivity index (χ0v) is 21.2. The summed E-state index contributed by atoms with van der Waals surface area (Å²) in [5, 5.41) is 9.62. The molecule has 3 aromatic carbocycles. The summed E-state index contributed by atoms with van der Waals surface area (Å²) < 4.78 is 5.14. The van der Waals surface area contributed by atoms with Gasteiger partial charge in [-0.2, -0.15) is 4.98 Å². The highest BCUT2D eigenvalue weighted by atomic mass is 16.5. The molecule has 38 heavy (non-hydrogen) atoms. The van der Waals surface area contributed by atoms with E-state index in [9.17, 15) is 9.59 Å². The highest BCUT2D eigenvalue weighted by Gasteiger charge is 2.18. The van der Waals surface area contributed by atoms with Gasteiger partial charge in [0, 0.05) is 43.9 Å². The van der Waals surface area contributed by atoms with Gasteiger partial charge in [-0.15, -0.1) is 0 Å². The van der Waals surface area contributed by atoms with Gasteiger partial charge < -0.3 is 20.1 Å². The Morgan fingerprint density at radius 2 is 1.55 bits per heavy atom. The highest BCUT2D eigenvalue weighted by Crippen LogP contribution is 2.25. The van der Waals surface area contributed by atoms with Crippen LogP contribution in [0.2, 0.25) is 0 Å². The number of para-hydroxylation sites is 1. The maximum absolute atomic E-state index is 12.5. The van der Waals surface area contributed by atoms with Crippen molar-refractivity contribution in [2.75, 3.05) is 31.1 Å². The Bertz CT molecular complexity index is 1370. The standard InChI is InChI=1S/C30H31N5O3/c36-28(25-15-13-23(14-16-25)22-8-2-1-3-9-22)31-18-17-27-33-30(38-34-27)29(37)32-19-21-35-20-7-6-11-24-10-4-5-12-26(24)35/h1-5,8-10,12-16H,6-7,11,17-21H2,(H,31,36)(H,32,37). The third-order valence-corrected chi connectivity index (χ3v) is 6.67. The van der Waals surface area contributed by atoms with E-state index in [2.05, 4.69) is 49.9 Å². The SMILES string of the molecule is O=C(NCCc1noc(C(=O)NCCN2CCCCc3ccccc32)n1)c1ccc(-c2ccccc2)cc1. The number of anilines is 1. The fraction of sp³-hybridized carbons (Fsp3) is 0.267. The van der Waals surface area contributed by atoms with Crippen LogP contribution in [0.1, 0.15) is 45.3 Å². The lowest BCUT2D eigenvalue weighted by molar-refractivity contribution is 0.0909. The molecule has 0 unspecified atom stereocenters. The van der Waals surface area contributed by atoms with Crippen molar-refractivity contribution in [2.24, 2.45) is 0 Å². The number of carbonyl (C=O) groups is 2. The number of carbonyl (C=O) groups excluding carboxylic acids is 2. The molecule has 5 rings (SSSR count). The highest BCUT2D eigenvalue weighted by molar-refractivity contribution is 5.94. The Hall–Kier alpha value is -4.46. The monoisotopic (exact) mass is 509 g/mol. The Kier molecular flexibility index (Phi) is 8.08. The second-order valence-electron chi connectivity index (χ2n) is 9.29. The van der Waals surface area contributed by atoms with Gasteiger partial charge in [-0.25, -0.2) is 0 Å². The number of fused-ring (bicyclic) bond motifs is 1. The van der Waals surface area contributed by atoms with Crippen molar-refractivity contribution in [3.8, 4) is 11.1 Å². The van der Waals surface area contributed by atoms with Crippen molar-refractivity contribution < 1.29 is 14.1 Å². The second-order valence-corrected chi connectivity index (χ2v) is 9.29. The zero-order valence-electron chi connectivity index (χ0n) is 21.2. The molecule has 1 aromatic heterocycles. The van der Waals surface area contributed by atoms with Crippen molar-refractivity contribution >= 4 is 17.5 Å². The van der Waals surface area contributed by atoms with Gasteiger partial charge in [0.15, 0.2) is 5.82 Å². The summed E-state index contributed by atoms with van der Waals surface area (Å²) in [6, 6.07) is 25.9. The minimum atomic E-state index is -0.394. The lowest BCUT2D eigenvalue weighted by atomic mass is 10.0. The first-order valence-electron chi connectivity index (χ1n) is 13.0. The molecule has 1 aliphatic heterocycles. The Balaban J connectivity index is 1.06. The van der Waals surface area contributed by atoms with Crippen LogP contribution < -0.4 is 15.5 Å². The predicted octanol–water partition coefficient (Wildman–Crippen LogP) is 4.28. The van der Waals surface area contributed by atoms with Crippen molar-refractivity contribution in [3.05, 3.63) is 102 Å². The molecule has 8 nitrogen and oxygen atoms in total. The summed E-state index contributed by atoms with van der Waals surface area (Å²) in [5.41, 5.74) is 5.33. The van der Waals surface area contributed by atoms with E-state index >= 15 is 0 Å². The molecule has 194 valence electrons. The number of benzene rings is 3. The first-order chi connectivity index (χ1) is 18.7. The lowest BCUT2D eigenvalue weighted by Gasteiger charge is -2.24. The number of aryl methyl sites for hydroxylation is 1. The first-order valence-corrected chi connectivity index (χ1v) is 13.0. The normalized spacial score (nSPS) is 12.9. The number of aromatic nitrogens is 2. The van der Waals surface area contributed by atoms with Crippen LogP contribution >= 0.6 is 0 Å². The summed E-state index contributed by atoms with van der Waals surface area (Å²) >= 11 is 0. The minimum absolute atomic E-state index is 0.0703. The molecule has 0 fully saturated rings. The number of amides is 2. The maximum Gasteiger partial charge on any atom is 0.315 e. The predicted molar refractivity (Wildman–Crippen MR) is 146 cm³/mol. The van der Waals surface area contributed by atoms with E-state index in [0.717, 1.165) is 30.5 Å². The molecule has 0 radical (unpaired) electrons.